The molecule has 10 heteroatoms. The lowest BCUT2D eigenvalue weighted by Gasteiger charge is -2.29. The van der Waals surface area contributed by atoms with Crippen molar-refractivity contribution in [1.82, 2.24) is 0 Å². The smallest absolute Gasteiger partial charge is 0.374 e. The highest BCUT2D eigenvalue weighted by Gasteiger charge is 2.62. The molecule has 0 saturated carbocycles. The first-order chi connectivity index (χ1) is 14.4. The average Bonchev–Trinajstić information content (AvgIpc) is 3.15. The summed E-state index contributed by atoms with van der Waals surface area (Å²) < 4.78 is 59.4. The summed E-state index contributed by atoms with van der Waals surface area (Å²) in [7, 11) is -2.36. The van der Waals surface area contributed by atoms with E-state index in [2.05, 4.69) is 9.52 Å². The van der Waals surface area contributed by atoms with E-state index in [1.807, 2.05) is 13.8 Å². The van der Waals surface area contributed by atoms with Crippen LogP contribution in [0.15, 0.2) is 45.9 Å². The molecule has 1 heterocycles. The summed E-state index contributed by atoms with van der Waals surface area (Å²) in [4.78, 5) is 5.03. The van der Waals surface area contributed by atoms with Gasteiger partial charge >= 0.3 is 6.18 Å². The number of aryl methyl sites for hydroxylation is 1. The van der Waals surface area contributed by atoms with Gasteiger partial charge in [0, 0.05) is 33.5 Å². The van der Waals surface area contributed by atoms with Crippen molar-refractivity contribution in [2.24, 2.45) is 9.52 Å². The predicted molar refractivity (Wildman–Crippen MR) is 119 cm³/mol. The normalized spacial score (nSPS) is 19.2. The first-order valence-electron chi connectivity index (χ1n) is 9.55. The van der Waals surface area contributed by atoms with E-state index in [0.717, 1.165) is 0 Å². The average molecular weight is 493 g/mol. The number of hydrogen-bond donors (Lipinski definition) is 0. The standard InChI is InChI=1S/C21H21Cl2F3N2O2S/c1-4-31(29,5-2)28-18-7-6-14(8-13(18)3)19-12-20(30-27-19,21(24,25)26)15-9-16(22)11-17(23)10-15/h6-11H,4-5,12H2,1-3H3. The molecule has 1 aliphatic heterocycles. The van der Waals surface area contributed by atoms with Crippen molar-refractivity contribution in [1.29, 1.82) is 0 Å². The molecule has 0 aliphatic carbocycles. The second-order valence-electron chi connectivity index (χ2n) is 7.23. The summed E-state index contributed by atoms with van der Waals surface area (Å²) in [6.07, 6.45) is -5.30. The van der Waals surface area contributed by atoms with Crippen molar-refractivity contribution < 1.29 is 22.2 Å². The first-order valence-corrected chi connectivity index (χ1v) is 12.2. The van der Waals surface area contributed by atoms with Crippen LogP contribution in [0.25, 0.3) is 0 Å². The molecule has 0 amide bonds. The second-order valence-corrected chi connectivity index (χ2v) is 11.0. The van der Waals surface area contributed by atoms with Crippen LogP contribution in [0, 0.1) is 6.92 Å². The molecular formula is C21H21Cl2F3N2O2S. The zero-order valence-electron chi connectivity index (χ0n) is 17.1. The van der Waals surface area contributed by atoms with Crippen LogP contribution in [0.3, 0.4) is 0 Å². The fourth-order valence-corrected chi connectivity index (χ4v) is 5.05. The Balaban J connectivity index is 1.99. The van der Waals surface area contributed by atoms with Gasteiger partial charge in [-0.15, -0.1) is 0 Å². The topological polar surface area (TPSA) is 51.0 Å². The number of oxime groups is 1. The Morgan fingerprint density at radius 3 is 2.26 bits per heavy atom. The minimum atomic E-state index is -4.76. The number of alkyl halides is 3. The van der Waals surface area contributed by atoms with E-state index in [-0.39, 0.29) is 21.3 Å². The molecule has 0 radical (unpaired) electrons. The number of nitrogens with zero attached hydrogens (tertiary/aromatic N) is 2. The summed E-state index contributed by atoms with van der Waals surface area (Å²) >= 11 is 11.9. The molecule has 1 aliphatic rings. The lowest BCUT2D eigenvalue weighted by Crippen LogP contribution is -2.42. The molecule has 0 fully saturated rings. The van der Waals surface area contributed by atoms with Gasteiger partial charge in [-0.3, -0.25) is 0 Å². The quantitative estimate of drug-likeness (QED) is 0.449. The van der Waals surface area contributed by atoms with Crippen LogP contribution in [0.1, 0.15) is 37.0 Å². The first kappa shape index (κ1) is 23.9. The molecule has 4 nitrogen and oxygen atoms in total. The Morgan fingerprint density at radius 2 is 1.74 bits per heavy atom. The minimum Gasteiger partial charge on any atom is -0.374 e. The highest BCUT2D eigenvalue weighted by Crippen LogP contribution is 2.49. The van der Waals surface area contributed by atoms with Crippen molar-refractivity contribution in [2.45, 2.75) is 39.0 Å². The lowest BCUT2D eigenvalue weighted by molar-refractivity contribution is -0.275. The molecule has 2 aromatic carbocycles. The SMILES string of the molecule is CCS(=O)(CC)=Nc1ccc(C2=NOC(c3cc(Cl)cc(Cl)c3)(C(F)(F)F)C2)cc1C. The van der Waals surface area contributed by atoms with Crippen LogP contribution < -0.4 is 0 Å². The summed E-state index contributed by atoms with van der Waals surface area (Å²) in [6.45, 7) is 5.38. The van der Waals surface area contributed by atoms with E-state index in [9.17, 15) is 17.4 Å². The molecule has 0 N–H and O–H groups in total. The van der Waals surface area contributed by atoms with E-state index in [1.54, 1.807) is 25.1 Å². The van der Waals surface area contributed by atoms with Crippen molar-refractivity contribution in [3.8, 4) is 0 Å². The van der Waals surface area contributed by atoms with Crippen molar-refractivity contribution >= 4 is 44.3 Å². The second kappa shape index (κ2) is 8.64. The maximum Gasteiger partial charge on any atom is 0.435 e. The molecule has 1 unspecified atom stereocenters. The van der Waals surface area contributed by atoms with Gasteiger partial charge in [-0.05, 0) is 48.4 Å². The zero-order valence-corrected chi connectivity index (χ0v) is 19.4. The van der Waals surface area contributed by atoms with E-state index in [1.165, 1.54) is 18.2 Å². The van der Waals surface area contributed by atoms with Gasteiger partial charge in [-0.25, -0.2) is 4.21 Å². The van der Waals surface area contributed by atoms with E-state index in [0.29, 0.717) is 28.3 Å². The Labute approximate surface area is 189 Å². The highest BCUT2D eigenvalue weighted by atomic mass is 35.5. The van der Waals surface area contributed by atoms with E-state index in [4.69, 9.17) is 28.0 Å². The van der Waals surface area contributed by atoms with Crippen LogP contribution in [-0.2, 0) is 20.2 Å². The third kappa shape index (κ3) is 4.71. The molecule has 31 heavy (non-hydrogen) atoms. The van der Waals surface area contributed by atoms with Crippen LogP contribution >= 0.6 is 23.2 Å². The maximum absolute atomic E-state index is 14.1. The highest BCUT2D eigenvalue weighted by molar-refractivity contribution is 7.93. The molecule has 0 spiro atoms. The third-order valence-corrected chi connectivity index (χ3v) is 7.98. The van der Waals surface area contributed by atoms with Crippen LogP contribution in [0.4, 0.5) is 18.9 Å². The summed E-state index contributed by atoms with van der Waals surface area (Å²) in [5.74, 6) is 0.836. The van der Waals surface area contributed by atoms with Gasteiger partial charge in [0.25, 0.3) is 5.60 Å². The van der Waals surface area contributed by atoms with Gasteiger partial charge in [0.1, 0.15) is 0 Å². The number of benzene rings is 2. The van der Waals surface area contributed by atoms with Crippen molar-refractivity contribution in [2.75, 3.05) is 11.5 Å². The van der Waals surface area contributed by atoms with Gasteiger partial charge in [0.05, 0.1) is 21.1 Å². The monoisotopic (exact) mass is 492 g/mol. The fraction of sp³-hybridized carbons (Fsp3) is 0.381. The van der Waals surface area contributed by atoms with Gasteiger partial charge in [0.15, 0.2) is 0 Å². The molecule has 2 aromatic rings. The fourth-order valence-electron chi connectivity index (χ4n) is 3.30. The molecule has 1 atom stereocenters. The number of rotatable bonds is 5. The Hall–Kier alpha value is -1.77. The zero-order chi connectivity index (χ0) is 23.0. The molecule has 168 valence electrons. The van der Waals surface area contributed by atoms with Crippen molar-refractivity contribution in [3.05, 3.63) is 63.1 Å². The van der Waals surface area contributed by atoms with Gasteiger partial charge in [-0.1, -0.05) is 48.3 Å². The Kier molecular flexibility index (Phi) is 6.65. The lowest BCUT2D eigenvalue weighted by atomic mass is 9.86. The molecule has 3 rings (SSSR count). The Bertz CT molecular complexity index is 1130. The molecule has 0 saturated heterocycles. The maximum atomic E-state index is 14.1. The van der Waals surface area contributed by atoms with E-state index < -0.39 is 27.9 Å². The molecular weight excluding hydrogens is 472 g/mol. The van der Waals surface area contributed by atoms with Gasteiger partial charge in [0.2, 0.25) is 0 Å². The van der Waals surface area contributed by atoms with Crippen LogP contribution in [0.5, 0.6) is 0 Å². The molecule has 0 aromatic heterocycles. The van der Waals surface area contributed by atoms with Crippen molar-refractivity contribution in [3.63, 3.8) is 0 Å². The Morgan fingerprint density at radius 1 is 1.13 bits per heavy atom. The molecule has 0 bridgehead atoms. The minimum absolute atomic E-state index is 0.0698. The van der Waals surface area contributed by atoms with Crippen LogP contribution in [0.2, 0.25) is 10.0 Å². The van der Waals surface area contributed by atoms with E-state index >= 15 is 0 Å². The summed E-state index contributed by atoms with van der Waals surface area (Å²) in [5.41, 5.74) is -1.08. The largest absolute Gasteiger partial charge is 0.435 e. The summed E-state index contributed by atoms with van der Waals surface area (Å²) in [5, 5.41) is 3.90. The van der Waals surface area contributed by atoms with Gasteiger partial charge in [-0.2, -0.15) is 17.5 Å². The number of halogens is 5. The third-order valence-electron chi connectivity index (χ3n) is 5.21. The predicted octanol–water partition coefficient (Wildman–Crippen LogP) is 7.02. The summed E-state index contributed by atoms with van der Waals surface area (Å²) in [6, 6.07) is 8.63. The number of hydrogen-bond acceptors (Lipinski definition) is 4. The van der Waals surface area contributed by atoms with Crippen LogP contribution in [-0.4, -0.2) is 27.6 Å². The van der Waals surface area contributed by atoms with Gasteiger partial charge < -0.3 is 4.84 Å².